The van der Waals surface area contributed by atoms with E-state index in [1.807, 2.05) is 6.20 Å². The molecule has 0 atom stereocenters. The maximum absolute atomic E-state index is 4.91. The minimum Gasteiger partial charge on any atom is -0.256 e. The molecular weight excluding hydrogens is 362 g/mol. The van der Waals surface area contributed by atoms with Gasteiger partial charge < -0.3 is 0 Å². The summed E-state index contributed by atoms with van der Waals surface area (Å²) < 4.78 is 0. The average molecular weight is 398 g/mol. The molecule has 0 amide bonds. The Morgan fingerprint density at radius 2 is 1.30 bits per heavy atom. The van der Waals surface area contributed by atoms with Crippen molar-refractivity contribution >= 4 is 0 Å². The van der Waals surface area contributed by atoms with Crippen molar-refractivity contribution < 1.29 is 0 Å². The van der Waals surface area contributed by atoms with Crippen LogP contribution in [-0.4, -0.2) is 4.98 Å². The van der Waals surface area contributed by atoms with E-state index in [0.29, 0.717) is 5.92 Å². The van der Waals surface area contributed by atoms with Gasteiger partial charge in [0, 0.05) is 17.3 Å². The molecular formula is C29H35N. The van der Waals surface area contributed by atoms with Crippen LogP contribution < -0.4 is 0 Å². The number of aromatic nitrogens is 1. The van der Waals surface area contributed by atoms with Crippen LogP contribution in [0.4, 0.5) is 0 Å². The van der Waals surface area contributed by atoms with Crippen LogP contribution in [0.25, 0.3) is 22.4 Å². The Bertz CT molecular complexity index is 1070. The highest BCUT2D eigenvalue weighted by molar-refractivity contribution is 5.72. The van der Waals surface area contributed by atoms with Crippen LogP contribution in [-0.2, 0) is 10.8 Å². The van der Waals surface area contributed by atoms with E-state index in [0.717, 1.165) is 11.3 Å². The number of hydrogen-bond acceptors (Lipinski definition) is 1. The van der Waals surface area contributed by atoms with Gasteiger partial charge in [0.15, 0.2) is 0 Å². The highest BCUT2D eigenvalue weighted by Gasteiger charge is 2.57. The molecule has 0 saturated carbocycles. The summed E-state index contributed by atoms with van der Waals surface area (Å²) in [7, 11) is 0. The minimum absolute atomic E-state index is 0.0973. The highest BCUT2D eigenvalue weighted by atomic mass is 14.7. The van der Waals surface area contributed by atoms with Crippen LogP contribution in [0, 0.1) is 5.41 Å². The summed E-state index contributed by atoms with van der Waals surface area (Å²) in [5, 5.41) is 0. The van der Waals surface area contributed by atoms with Gasteiger partial charge in [-0.05, 0) is 56.5 Å². The Hall–Kier alpha value is -2.41. The fourth-order valence-corrected chi connectivity index (χ4v) is 5.16. The Morgan fingerprint density at radius 1 is 0.700 bits per heavy atom. The first-order valence-corrected chi connectivity index (χ1v) is 11.2. The van der Waals surface area contributed by atoms with Gasteiger partial charge in [-0.15, -0.1) is 0 Å². The van der Waals surface area contributed by atoms with Crippen LogP contribution in [0.3, 0.4) is 0 Å². The smallest absolute Gasteiger partial charge is 0.0705 e. The molecule has 2 aromatic carbocycles. The van der Waals surface area contributed by atoms with Gasteiger partial charge in [-0.2, -0.15) is 0 Å². The summed E-state index contributed by atoms with van der Waals surface area (Å²) in [4.78, 5) is 4.91. The van der Waals surface area contributed by atoms with Gasteiger partial charge in [0.25, 0.3) is 0 Å². The van der Waals surface area contributed by atoms with Crippen molar-refractivity contribution in [1.29, 1.82) is 0 Å². The van der Waals surface area contributed by atoms with Crippen molar-refractivity contribution in [3.63, 3.8) is 0 Å². The molecule has 1 nitrogen and oxygen atoms in total. The number of rotatable bonds is 3. The van der Waals surface area contributed by atoms with E-state index in [9.17, 15) is 0 Å². The van der Waals surface area contributed by atoms with Crippen molar-refractivity contribution in [3.8, 4) is 22.4 Å². The molecule has 0 saturated heterocycles. The van der Waals surface area contributed by atoms with Gasteiger partial charge in [-0.3, -0.25) is 4.98 Å². The summed E-state index contributed by atoms with van der Waals surface area (Å²) in [6.07, 6.45) is 2.01. The lowest BCUT2D eigenvalue weighted by Crippen LogP contribution is -2.42. The zero-order valence-electron chi connectivity index (χ0n) is 19.8. The molecule has 0 spiro atoms. The number of fused-ring (bicyclic) bond motifs is 1. The van der Waals surface area contributed by atoms with E-state index < -0.39 is 0 Å². The molecule has 1 aliphatic carbocycles. The number of pyridine rings is 1. The normalized spacial score (nSPS) is 18.4. The summed E-state index contributed by atoms with van der Waals surface area (Å²) in [5.74, 6) is 0.448. The molecule has 0 bridgehead atoms. The number of hydrogen-bond donors (Lipinski definition) is 0. The first kappa shape index (κ1) is 20.8. The van der Waals surface area contributed by atoms with Crippen molar-refractivity contribution in [2.45, 2.75) is 72.1 Å². The van der Waals surface area contributed by atoms with Crippen LogP contribution in [0.5, 0.6) is 0 Å². The third-order valence-electron chi connectivity index (χ3n) is 8.43. The second-order valence-corrected chi connectivity index (χ2v) is 10.8. The second-order valence-electron chi connectivity index (χ2n) is 10.8. The number of benzene rings is 2. The zero-order chi connectivity index (χ0) is 21.9. The maximum atomic E-state index is 4.91. The lowest BCUT2D eigenvalue weighted by Gasteiger charge is -2.44. The molecule has 156 valence electrons. The third-order valence-corrected chi connectivity index (χ3v) is 8.43. The average Bonchev–Trinajstić information content (AvgIpc) is 2.82. The zero-order valence-corrected chi connectivity index (χ0v) is 19.8. The lowest BCUT2D eigenvalue weighted by atomic mass is 9.59. The van der Waals surface area contributed by atoms with Gasteiger partial charge in [0.1, 0.15) is 0 Å². The molecule has 4 rings (SSSR count). The summed E-state index contributed by atoms with van der Waals surface area (Å²) in [6, 6.07) is 19.8. The van der Waals surface area contributed by atoms with Crippen molar-refractivity contribution in [3.05, 3.63) is 77.5 Å². The Morgan fingerprint density at radius 3 is 1.83 bits per heavy atom. The molecule has 30 heavy (non-hydrogen) atoms. The Balaban J connectivity index is 1.88. The quantitative estimate of drug-likeness (QED) is 0.434. The van der Waals surface area contributed by atoms with E-state index in [1.54, 1.807) is 0 Å². The molecule has 0 radical (unpaired) electrons. The summed E-state index contributed by atoms with van der Waals surface area (Å²) >= 11 is 0. The Labute approximate surface area is 182 Å². The van der Waals surface area contributed by atoms with Gasteiger partial charge in [0.2, 0.25) is 0 Å². The predicted molar refractivity (Wildman–Crippen MR) is 129 cm³/mol. The molecule has 1 aromatic heterocycles. The first-order chi connectivity index (χ1) is 14.0. The van der Waals surface area contributed by atoms with Crippen molar-refractivity contribution in [2.24, 2.45) is 5.41 Å². The molecule has 1 heteroatoms. The fourth-order valence-electron chi connectivity index (χ4n) is 5.16. The molecule has 0 unspecified atom stereocenters. The summed E-state index contributed by atoms with van der Waals surface area (Å²) in [6.45, 7) is 19.1. The predicted octanol–water partition coefficient (Wildman–Crippen LogP) is 8.13. The van der Waals surface area contributed by atoms with Crippen LogP contribution >= 0.6 is 0 Å². The molecule has 0 fully saturated rings. The molecule has 1 aliphatic rings. The summed E-state index contributed by atoms with van der Waals surface area (Å²) in [5.41, 5.74) is 9.49. The monoisotopic (exact) mass is 397 g/mol. The maximum Gasteiger partial charge on any atom is 0.0705 e. The fraction of sp³-hybridized carbons (Fsp3) is 0.414. The third kappa shape index (κ3) is 2.86. The van der Waals surface area contributed by atoms with Gasteiger partial charge in [-0.25, -0.2) is 0 Å². The van der Waals surface area contributed by atoms with E-state index >= 15 is 0 Å². The van der Waals surface area contributed by atoms with Crippen LogP contribution in [0.15, 0.2) is 60.8 Å². The van der Waals surface area contributed by atoms with E-state index in [2.05, 4.69) is 110 Å². The second kappa shape index (κ2) is 6.80. The largest absolute Gasteiger partial charge is 0.256 e. The molecule has 0 aliphatic heterocycles. The van der Waals surface area contributed by atoms with Crippen molar-refractivity contribution in [1.82, 2.24) is 4.98 Å². The van der Waals surface area contributed by atoms with E-state index in [4.69, 9.17) is 4.98 Å². The SMILES string of the molecule is CC(C)c1cc2c(cc1-c1ccc(-c3ccccc3)cn1)C(C)(C)C(C)(C)C2(C)C. The van der Waals surface area contributed by atoms with E-state index in [1.165, 1.54) is 27.8 Å². The Kier molecular flexibility index (Phi) is 4.73. The van der Waals surface area contributed by atoms with Gasteiger partial charge in [0.05, 0.1) is 5.69 Å². The van der Waals surface area contributed by atoms with Gasteiger partial charge >= 0.3 is 0 Å². The lowest BCUT2D eigenvalue weighted by molar-refractivity contribution is 0.125. The number of nitrogens with zero attached hydrogens (tertiary/aromatic N) is 1. The van der Waals surface area contributed by atoms with Crippen molar-refractivity contribution in [2.75, 3.05) is 0 Å². The molecule has 1 heterocycles. The van der Waals surface area contributed by atoms with Crippen LogP contribution in [0.1, 0.15) is 78.0 Å². The van der Waals surface area contributed by atoms with Gasteiger partial charge in [-0.1, -0.05) is 97.9 Å². The van der Waals surface area contributed by atoms with Crippen LogP contribution in [0.2, 0.25) is 0 Å². The standard InChI is InChI=1S/C29H35N/c1-19(2)22-16-24-25(28(5,6)29(7,8)27(24,3)4)17-23(22)26-15-14-21(18-30-26)20-12-10-9-11-13-20/h9-19H,1-8H3. The highest BCUT2D eigenvalue weighted by Crippen LogP contribution is 2.62. The first-order valence-electron chi connectivity index (χ1n) is 11.2. The van der Waals surface area contributed by atoms with E-state index in [-0.39, 0.29) is 16.2 Å². The topological polar surface area (TPSA) is 12.9 Å². The molecule has 0 N–H and O–H groups in total. The minimum atomic E-state index is 0.0973. The molecule has 3 aromatic rings.